The van der Waals surface area contributed by atoms with Crippen molar-refractivity contribution in [3.8, 4) is 11.8 Å². The lowest BCUT2D eigenvalue weighted by Crippen LogP contribution is -2.27. The highest BCUT2D eigenvalue weighted by molar-refractivity contribution is 5.92. The minimum atomic E-state index is -0.255. The van der Waals surface area contributed by atoms with Crippen LogP contribution in [0.1, 0.15) is 40.5 Å². The Bertz CT molecular complexity index is 678. The third kappa shape index (κ3) is 3.94. The molecule has 0 aromatic carbocycles. The normalized spacial score (nSPS) is 11.4. The maximum atomic E-state index is 12.1. The van der Waals surface area contributed by atoms with Crippen LogP contribution in [0.4, 0.5) is 0 Å². The fourth-order valence-corrected chi connectivity index (χ4v) is 1.78. The number of nitrogens with zero attached hydrogens (tertiary/aromatic N) is 1. The second-order valence-electron chi connectivity index (χ2n) is 4.58. The molecule has 1 unspecified atom stereocenters. The summed E-state index contributed by atoms with van der Waals surface area (Å²) in [6, 6.07) is 6.87. The first-order chi connectivity index (χ1) is 10.1. The molecular formula is C16H17N3O2. The highest BCUT2D eigenvalue weighted by atomic mass is 16.3. The molecule has 108 valence electrons. The number of aryl methyl sites for hydroxylation is 1. The van der Waals surface area contributed by atoms with Gasteiger partial charge in [0.15, 0.2) is 0 Å². The van der Waals surface area contributed by atoms with Gasteiger partial charge in [0.05, 0.1) is 12.6 Å². The van der Waals surface area contributed by atoms with Crippen molar-refractivity contribution in [2.24, 2.45) is 5.73 Å². The average molecular weight is 283 g/mol. The third-order valence-corrected chi connectivity index (χ3v) is 2.87. The molecule has 0 fully saturated rings. The molecule has 2 heterocycles. The molecule has 0 aliphatic carbocycles. The number of pyridine rings is 1. The van der Waals surface area contributed by atoms with Gasteiger partial charge in [-0.05, 0) is 38.1 Å². The number of carbonyl (C=O) groups is 1. The molecule has 3 N–H and O–H groups in total. The van der Waals surface area contributed by atoms with E-state index in [0.717, 1.165) is 11.3 Å². The smallest absolute Gasteiger partial charge is 0.270 e. The summed E-state index contributed by atoms with van der Waals surface area (Å²) < 4.78 is 5.48. The molecule has 0 radical (unpaired) electrons. The first-order valence-corrected chi connectivity index (χ1v) is 6.62. The van der Waals surface area contributed by atoms with Crippen molar-refractivity contribution in [1.29, 1.82) is 0 Å². The summed E-state index contributed by atoms with van der Waals surface area (Å²) in [7, 11) is 0. The van der Waals surface area contributed by atoms with Gasteiger partial charge in [-0.25, -0.2) is 4.98 Å². The van der Waals surface area contributed by atoms with E-state index < -0.39 is 0 Å². The van der Waals surface area contributed by atoms with Crippen LogP contribution in [0.25, 0.3) is 0 Å². The number of nitrogens with one attached hydrogen (secondary N) is 1. The summed E-state index contributed by atoms with van der Waals surface area (Å²) in [6.45, 7) is 4.01. The first kappa shape index (κ1) is 14.8. The zero-order chi connectivity index (χ0) is 15.2. The van der Waals surface area contributed by atoms with Crippen molar-refractivity contribution < 1.29 is 9.21 Å². The van der Waals surface area contributed by atoms with Gasteiger partial charge in [-0.2, -0.15) is 0 Å². The lowest BCUT2D eigenvalue weighted by atomic mass is 10.2. The Hall–Kier alpha value is -2.58. The molecular weight excluding hydrogens is 266 g/mol. The van der Waals surface area contributed by atoms with Crippen LogP contribution in [0, 0.1) is 18.8 Å². The second-order valence-corrected chi connectivity index (χ2v) is 4.58. The summed E-state index contributed by atoms with van der Waals surface area (Å²) >= 11 is 0. The van der Waals surface area contributed by atoms with Gasteiger partial charge in [0.25, 0.3) is 5.91 Å². The number of aromatic nitrogens is 1. The standard InChI is InChI=1S/C16H17N3O2/c1-11-5-8-15(21-11)12(2)19-16(20)14-7-6-13(10-18-14)4-3-9-17/h5-8,10,12H,9,17H2,1-2H3,(H,19,20). The van der Waals surface area contributed by atoms with Crippen LogP contribution in [0.5, 0.6) is 0 Å². The van der Waals surface area contributed by atoms with Crippen LogP contribution in [-0.2, 0) is 0 Å². The number of hydrogen-bond donors (Lipinski definition) is 2. The van der Waals surface area contributed by atoms with Crippen LogP contribution < -0.4 is 11.1 Å². The Morgan fingerprint density at radius 2 is 2.24 bits per heavy atom. The van der Waals surface area contributed by atoms with E-state index in [1.165, 1.54) is 0 Å². The molecule has 5 heteroatoms. The third-order valence-electron chi connectivity index (χ3n) is 2.87. The summed E-state index contributed by atoms with van der Waals surface area (Å²) in [5, 5.41) is 2.84. The van der Waals surface area contributed by atoms with Crippen molar-refractivity contribution >= 4 is 5.91 Å². The van der Waals surface area contributed by atoms with Crippen molar-refractivity contribution in [3.05, 3.63) is 53.2 Å². The molecule has 5 nitrogen and oxygen atoms in total. The molecule has 0 spiro atoms. The quantitative estimate of drug-likeness (QED) is 0.841. The van der Waals surface area contributed by atoms with Crippen LogP contribution >= 0.6 is 0 Å². The molecule has 2 aromatic heterocycles. The Morgan fingerprint density at radius 3 is 2.81 bits per heavy atom. The van der Waals surface area contributed by atoms with Crippen molar-refractivity contribution in [1.82, 2.24) is 10.3 Å². The van der Waals surface area contributed by atoms with E-state index in [4.69, 9.17) is 10.2 Å². The number of nitrogens with two attached hydrogens (primary N) is 1. The molecule has 0 aliphatic heterocycles. The van der Waals surface area contributed by atoms with Gasteiger partial charge >= 0.3 is 0 Å². The van der Waals surface area contributed by atoms with Crippen molar-refractivity contribution in [2.75, 3.05) is 6.54 Å². The van der Waals surface area contributed by atoms with Crippen LogP contribution in [0.3, 0.4) is 0 Å². The van der Waals surface area contributed by atoms with Gasteiger partial charge in [0.1, 0.15) is 17.2 Å². The van der Waals surface area contributed by atoms with Gasteiger partial charge in [-0.3, -0.25) is 4.79 Å². The lowest BCUT2D eigenvalue weighted by Gasteiger charge is -2.11. The van der Waals surface area contributed by atoms with Gasteiger partial charge in [0, 0.05) is 11.8 Å². The number of furan rings is 1. The van der Waals surface area contributed by atoms with E-state index in [1.54, 1.807) is 18.3 Å². The molecule has 21 heavy (non-hydrogen) atoms. The second kappa shape index (κ2) is 6.73. The SMILES string of the molecule is Cc1ccc(C(C)NC(=O)c2ccc(C#CCN)cn2)o1. The van der Waals surface area contributed by atoms with E-state index in [0.29, 0.717) is 18.0 Å². The highest BCUT2D eigenvalue weighted by Crippen LogP contribution is 2.15. The van der Waals surface area contributed by atoms with Crippen molar-refractivity contribution in [3.63, 3.8) is 0 Å². The van der Waals surface area contributed by atoms with E-state index in [2.05, 4.69) is 22.1 Å². The largest absolute Gasteiger partial charge is 0.464 e. The minimum absolute atomic E-state index is 0.218. The van der Waals surface area contributed by atoms with E-state index in [9.17, 15) is 4.79 Å². The number of carbonyl (C=O) groups excluding carboxylic acids is 1. The zero-order valence-corrected chi connectivity index (χ0v) is 12.0. The molecule has 0 aliphatic rings. The molecule has 2 rings (SSSR count). The maximum Gasteiger partial charge on any atom is 0.270 e. The Balaban J connectivity index is 2.03. The Kier molecular flexibility index (Phi) is 4.75. The maximum absolute atomic E-state index is 12.1. The number of rotatable bonds is 3. The zero-order valence-electron chi connectivity index (χ0n) is 12.0. The predicted octanol–water partition coefficient (Wildman–Crippen LogP) is 1.78. The van der Waals surface area contributed by atoms with Gasteiger partial charge in [-0.1, -0.05) is 11.8 Å². The van der Waals surface area contributed by atoms with Gasteiger partial charge < -0.3 is 15.5 Å². The Morgan fingerprint density at radius 1 is 1.43 bits per heavy atom. The van der Waals surface area contributed by atoms with Crippen LogP contribution in [-0.4, -0.2) is 17.4 Å². The number of amides is 1. The predicted molar refractivity (Wildman–Crippen MR) is 79.5 cm³/mol. The van der Waals surface area contributed by atoms with Gasteiger partial charge in [0.2, 0.25) is 0 Å². The summed E-state index contributed by atoms with van der Waals surface area (Å²) in [4.78, 5) is 16.2. The van der Waals surface area contributed by atoms with Crippen molar-refractivity contribution in [2.45, 2.75) is 19.9 Å². The molecule has 0 saturated heterocycles. The van der Waals surface area contributed by atoms with Crippen LogP contribution in [0.15, 0.2) is 34.9 Å². The van der Waals surface area contributed by atoms with Gasteiger partial charge in [-0.15, -0.1) is 0 Å². The molecule has 1 amide bonds. The van der Waals surface area contributed by atoms with Crippen LogP contribution in [0.2, 0.25) is 0 Å². The minimum Gasteiger partial charge on any atom is -0.464 e. The summed E-state index contributed by atoms with van der Waals surface area (Å²) in [5.41, 5.74) is 6.36. The van der Waals surface area contributed by atoms with E-state index in [-0.39, 0.29) is 11.9 Å². The molecule has 2 aromatic rings. The topological polar surface area (TPSA) is 81.2 Å². The fraction of sp³-hybridized carbons (Fsp3) is 0.250. The number of hydrogen-bond acceptors (Lipinski definition) is 4. The first-order valence-electron chi connectivity index (χ1n) is 6.62. The monoisotopic (exact) mass is 283 g/mol. The highest BCUT2D eigenvalue weighted by Gasteiger charge is 2.14. The Labute approximate surface area is 123 Å². The molecule has 0 saturated carbocycles. The summed E-state index contributed by atoms with van der Waals surface area (Å²) in [5.74, 6) is 6.86. The molecule has 1 atom stereocenters. The average Bonchev–Trinajstić information content (AvgIpc) is 2.92. The fourth-order valence-electron chi connectivity index (χ4n) is 1.78. The van der Waals surface area contributed by atoms with E-state index >= 15 is 0 Å². The van der Waals surface area contributed by atoms with E-state index in [1.807, 2.05) is 26.0 Å². The molecule has 0 bridgehead atoms. The summed E-state index contributed by atoms with van der Waals surface area (Å²) in [6.07, 6.45) is 1.55. The lowest BCUT2D eigenvalue weighted by molar-refractivity contribution is 0.0930.